The van der Waals surface area contributed by atoms with E-state index in [2.05, 4.69) is 45.0 Å². The van der Waals surface area contributed by atoms with Gasteiger partial charge in [-0.2, -0.15) is 5.26 Å². The fraction of sp³-hybridized carbons (Fsp3) is 0.471. The number of imidazole rings is 1. The van der Waals surface area contributed by atoms with Crippen LogP contribution in [0.2, 0.25) is 5.02 Å². The number of halogens is 1. The Balaban J connectivity index is 1.34. The quantitative estimate of drug-likeness (QED) is 0.311. The standard InChI is InChI=1S/C34H41ClN6O2/c1-3-26-13-15-41(34(43)29(30-20-37-22-39-30)17-23-8-10-24(18-36)11-9-23)31(26)21-40-14-12-27(4-2)32(40)33(42)38-19-25-6-5-7-28(35)16-25/h5-11,16,20,22,26-27,29,31-32H,3-4,12-15,17,19,21H2,1-2H3,(H,37,39)(H,38,42)/t26?,27-,29?,31?,32-/m0/s1. The molecule has 2 saturated heterocycles. The van der Waals surface area contributed by atoms with Gasteiger partial charge in [0.15, 0.2) is 0 Å². The number of H-pyrrole nitrogens is 1. The summed E-state index contributed by atoms with van der Waals surface area (Å²) in [5, 5.41) is 13.0. The van der Waals surface area contributed by atoms with Crippen molar-refractivity contribution in [2.45, 2.75) is 70.5 Å². The number of aromatic nitrogens is 2. The van der Waals surface area contributed by atoms with Gasteiger partial charge < -0.3 is 15.2 Å². The minimum absolute atomic E-state index is 0.0303. The van der Waals surface area contributed by atoms with E-state index in [1.165, 1.54) is 0 Å². The van der Waals surface area contributed by atoms with Gasteiger partial charge in [0.25, 0.3) is 0 Å². The van der Waals surface area contributed by atoms with E-state index in [0.29, 0.717) is 42.6 Å². The third-order valence-corrected chi connectivity index (χ3v) is 9.64. The van der Waals surface area contributed by atoms with Gasteiger partial charge in [-0.15, -0.1) is 0 Å². The highest BCUT2D eigenvalue weighted by Crippen LogP contribution is 2.35. The van der Waals surface area contributed by atoms with Gasteiger partial charge in [0.1, 0.15) is 0 Å². The summed E-state index contributed by atoms with van der Waals surface area (Å²) in [5.41, 5.74) is 3.36. The number of likely N-dealkylation sites (tertiary alicyclic amines) is 2. The molecule has 2 aliphatic rings. The van der Waals surface area contributed by atoms with E-state index in [9.17, 15) is 14.9 Å². The number of amides is 2. The summed E-state index contributed by atoms with van der Waals surface area (Å²) in [5.74, 6) is 0.371. The van der Waals surface area contributed by atoms with E-state index >= 15 is 0 Å². The Bertz CT molecular complexity index is 1420. The van der Waals surface area contributed by atoms with E-state index in [-0.39, 0.29) is 29.8 Å². The van der Waals surface area contributed by atoms with Crippen LogP contribution in [0.1, 0.15) is 67.8 Å². The molecule has 0 bridgehead atoms. The molecule has 2 aromatic carbocycles. The third kappa shape index (κ3) is 7.11. The van der Waals surface area contributed by atoms with Crippen LogP contribution in [0.3, 0.4) is 0 Å². The molecule has 3 heterocycles. The lowest BCUT2D eigenvalue weighted by atomic mass is 9.92. The van der Waals surface area contributed by atoms with Crippen molar-refractivity contribution in [2.24, 2.45) is 11.8 Å². The molecule has 0 radical (unpaired) electrons. The number of nitrogens with zero attached hydrogens (tertiary/aromatic N) is 4. The summed E-state index contributed by atoms with van der Waals surface area (Å²) in [6.45, 7) is 7.02. The van der Waals surface area contributed by atoms with E-state index in [1.807, 2.05) is 36.4 Å². The molecule has 2 fully saturated rings. The molecule has 0 saturated carbocycles. The topological polar surface area (TPSA) is 105 Å². The van der Waals surface area contributed by atoms with Gasteiger partial charge in [-0.05, 0) is 73.0 Å². The first-order valence-corrected chi connectivity index (χ1v) is 15.8. The molecule has 226 valence electrons. The lowest BCUT2D eigenvalue weighted by molar-refractivity contribution is -0.134. The van der Waals surface area contributed by atoms with Crippen LogP contribution in [0.15, 0.2) is 61.1 Å². The number of rotatable bonds is 11. The molecular formula is C34H41ClN6O2. The molecule has 5 rings (SSSR count). The van der Waals surface area contributed by atoms with Crippen LogP contribution >= 0.6 is 11.6 Å². The molecule has 0 spiro atoms. The highest BCUT2D eigenvalue weighted by Gasteiger charge is 2.44. The summed E-state index contributed by atoms with van der Waals surface area (Å²) in [6, 6.07) is 17.0. The number of hydrogen-bond donors (Lipinski definition) is 2. The van der Waals surface area contributed by atoms with Crippen LogP contribution in [0.5, 0.6) is 0 Å². The summed E-state index contributed by atoms with van der Waals surface area (Å²) in [6.07, 6.45) is 7.71. The van der Waals surface area contributed by atoms with Crippen molar-refractivity contribution in [1.29, 1.82) is 5.26 Å². The summed E-state index contributed by atoms with van der Waals surface area (Å²) >= 11 is 6.16. The van der Waals surface area contributed by atoms with Crippen molar-refractivity contribution in [1.82, 2.24) is 25.1 Å². The minimum Gasteiger partial charge on any atom is -0.351 e. The van der Waals surface area contributed by atoms with Crippen molar-refractivity contribution in [2.75, 3.05) is 19.6 Å². The largest absolute Gasteiger partial charge is 0.351 e. The average molecular weight is 601 g/mol. The van der Waals surface area contributed by atoms with Gasteiger partial charge in [0.05, 0.1) is 29.9 Å². The molecule has 9 heteroatoms. The third-order valence-electron chi connectivity index (χ3n) is 9.41. The second-order valence-electron chi connectivity index (χ2n) is 11.9. The molecule has 2 amide bonds. The first kappa shape index (κ1) is 30.8. The van der Waals surface area contributed by atoms with Crippen molar-refractivity contribution >= 4 is 23.4 Å². The van der Waals surface area contributed by atoms with Gasteiger partial charge in [-0.25, -0.2) is 4.98 Å². The number of nitriles is 1. The maximum Gasteiger partial charge on any atom is 0.237 e. The van der Waals surface area contributed by atoms with E-state index in [0.717, 1.165) is 49.0 Å². The molecule has 43 heavy (non-hydrogen) atoms. The van der Waals surface area contributed by atoms with Crippen molar-refractivity contribution in [3.05, 3.63) is 88.5 Å². The molecule has 2 aliphatic heterocycles. The Morgan fingerprint density at radius 3 is 2.53 bits per heavy atom. The Morgan fingerprint density at radius 2 is 1.86 bits per heavy atom. The molecule has 3 aromatic rings. The molecular weight excluding hydrogens is 560 g/mol. The normalized spacial score (nSPS) is 22.8. The number of carbonyl (C=O) groups is 2. The van der Waals surface area contributed by atoms with Crippen molar-refractivity contribution < 1.29 is 9.59 Å². The fourth-order valence-corrected chi connectivity index (χ4v) is 7.19. The number of hydrogen-bond acceptors (Lipinski definition) is 5. The van der Waals surface area contributed by atoms with Gasteiger partial charge in [0.2, 0.25) is 11.8 Å². The van der Waals surface area contributed by atoms with Crippen LogP contribution < -0.4 is 5.32 Å². The van der Waals surface area contributed by atoms with Crippen LogP contribution in [0.25, 0.3) is 0 Å². The second-order valence-corrected chi connectivity index (χ2v) is 12.3. The number of nitrogens with one attached hydrogen (secondary N) is 2. The minimum atomic E-state index is -0.410. The van der Waals surface area contributed by atoms with Crippen LogP contribution in [-0.4, -0.2) is 63.3 Å². The van der Waals surface area contributed by atoms with E-state index in [4.69, 9.17) is 11.6 Å². The second kappa shape index (κ2) is 14.2. The first-order valence-electron chi connectivity index (χ1n) is 15.5. The zero-order chi connectivity index (χ0) is 30.3. The van der Waals surface area contributed by atoms with Crippen molar-refractivity contribution in [3.63, 3.8) is 0 Å². The summed E-state index contributed by atoms with van der Waals surface area (Å²) in [4.78, 5) is 39.8. The number of benzene rings is 2. The zero-order valence-corrected chi connectivity index (χ0v) is 25.8. The lowest BCUT2D eigenvalue weighted by Crippen LogP contribution is -2.52. The fourth-order valence-electron chi connectivity index (χ4n) is 6.97. The average Bonchev–Trinajstić information content (AvgIpc) is 3.79. The molecule has 1 aromatic heterocycles. The Kier molecular flexibility index (Phi) is 10.2. The lowest BCUT2D eigenvalue weighted by Gasteiger charge is -2.36. The van der Waals surface area contributed by atoms with Crippen LogP contribution in [0, 0.1) is 23.2 Å². The SMILES string of the molecule is CCC1CCN(C(=O)C(Cc2ccc(C#N)cc2)c2cnc[nH]2)C1CN1CC[C@H](CC)[C@H]1C(=O)NCc1cccc(Cl)c1. The summed E-state index contributed by atoms with van der Waals surface area (Å²) < 4.78 is 0. The number of carbonyl (C=O) groups excluding carboxylic acids is 2. The molecule has 0 aliphatic carbocycles. The van der Waals surface area contributed by atoms with E-state index in [1.54, 1.807) is 24.7 Å². The van der Waals surface area contributed by atoms with Crippen LogP contribution in [0.4, 0.5) is 0 Å². The maximum absolute atomic E-state index is 14.4. The monoisotopic (exact) mass is 600 g/mol. The van der Waals surface area contributed by atoms with Gasteiger partial charge in [-0.1, -0.05) is 62.6 Å². The zero-order valence-electron chi connectivity index (χ0n) is 25.0. The predicted octanol–water partition coefficient (Wildman–Crippen LogP) is 5.31. The highest BCUT2D eigenvalue weighted by molar-refractivity contribution is 6.30. The van der Waals surface area contributed by atoms with Gasteiger partial charge in [-0.3, -0.25) is 14.5 Å². The highest BCUT2D eigenvalue weighted by atomic mass is 35.5. The van der Waals surface area contributed by atoms with Crippen molar-refractivity contribution in [3.8, 4) is 6.07 Å². The smallest absolute Gasteiger partial charge is 0.237 e. The van der Waals surface area contributed by atoms with Gasteiger partial charge >= 0.3 is 0 Å². The Labute approximate surface area is 259 Å². The van der Waals surface area contributed by atoms with E-state index < -0.39 is 5.92 Å². The molecule has 8 nitrogen and oxygen atoms in total. The maximum atomic E-state index is 14.4. The molecule has 5 atom stereocenters. The Morgan fingerprint density at radius 1 is 1.09 bits per heavy atom. The molecule has 3 unspecified atom stereocenters. The Hall–Kier alpha value is -3.67. The predicted molar refractivity (Wildman–Crippen MR) is 167 cm³/mol. The molecule has 2 N–H and O–H groups in total. The van der Waals surface area contributed by atoms with Gasteiger partial charge in [0, 0.05) is 42.6 Å². The van der Waals surface area contributed by atoms with Crippen LogP contribution in [-0.2, 0) is 22.6 Å². The number of aromatic amines is 1. The first-order chi connectivity index (χ1) is 20.9. The summed E-state index contributed by atoms with van der Waals surface area (Å²) in [7, 11) is 0.